The summed E-state index contributed by atoms with van der Waals surface area (Å²) in [5.74, 6) is 0.772. The molecule has 0 fully saturated rings. The first-order valence-corrected chi connectivity index (χ1v) is 7.15. The Morgan fingerprint density at radius 1 is 1.27 bits per heavy atom. The van der Waals surface area contributed by atoms with Crippen LogP contribution < -0.4 is 5.32 Å². The first-order chi connectivity index (χ1) is 10.7. The maximum absolute atomic E-state index is 5.63. The van der Waals surface area contributed by atoms with Crippen molar-refractivity contribution in [3.8, 4) is 0 Å². The molecule has 0 radical (unpaired) electrons. The van der Waals surface area contributed by atoms with Crippen molar-refractivity contribution < 1.29 is 4.74 Å². The molecule has 2 aromatic heterocycles. The number of nitrogens with one attached hydrogen (secondary N) is 1. The number of nitrogens with zero attached hydrogens (tertiary/aromatic N) is 4. The number of fused-ring (bicyclic) bond motifs is 1. The quantitative estimate of drug-likeness (QED) is 0.783. The average Bonchev–Trinajstić information content (AvgIpc) is 2.92. The largest absolute Gasteiger partial charge is 0.375 e. The highest BCUT2D eigenvalue weighted by molar-refractivity contribution is 5.85. The number of aromatic nitrogens is 4. The first kappa shape index (κ1) is 14.5. The second kappa shape index (κ2) is 6.11. The molecule has 0 aliphatic carbocycles. The monoisotopic (exact) mass is 297 g/mol. The smallest absolute Gasteiger partial charge is 0.163 e. The first-order valence-electron chi connectivity index (χ1n) is 7.15. The fourth-order valence-electron chi connectivity index (χ4n) is 2.56. The minimum Gasteiger partial charge on any atom is -0.375 e. The Hall–Kier alpha value is -2.47. The summed E-state index contributed by atoms with van der Waals surface area (Å²) < 4.78 is 7.36. The molecule has 0 saturated heterocycles. The van der Waals surface area contributed by atoms with Crippen molar-refractivity contribution in [2.45, 2.75) is 13.0 Å². The van der Waals surface area contributed by atoms with Crippen molar-refractivity contribution >= 4 is 16.9 Å². The Labute approximate surface area is 129 Å². The molecule has 0 bridgehead atoms. The van der Waals surface area contributed by atoms with Gasteiger partial charge in [-0.1, -0.05) is 24.3 Å². The van der Waals surface area contributed by atoms with Gasteiger partial charge in [-0.2, -0.15) is 5.10 Å². The molecule has 0 amide bonds. The summed E-state index contributed by atoms with van der Waals surface area (Å²) in [5, 5.41) is 8.47. The third-order valence-electron chi connectivity index (χ3n) is 3.80. The minimum atomic E-state index is -0.0390. The van der Waals surface area contributed by atoms with E-state index in [9.17, 15) is 0 Å². The lowest BCUT2D eigenvalue weighted by Gasteiger charge is -2.19. The van der Waals surface area contributed by atoms with Crippen molar-refractivity contribution in [3.63, 3.8) is 0 Å². The third kappa shape index (κ3) is 2.65. The maximum Gasteiger partial charge on any atom is 0.163 e. The number of aryl methyl sites for hydroxylation is 2. The Balaban J connectivity index is 1.82. The topological polar surface area (TPSA) is 64.9 Å². The second-order valence-corrected chi connectivity index (χ2v) is 5.19. The van der Waals surface area contributed by atoms with Gasteiger partial charge in [0.05, 0.1) is 17.7 Å². The van der Waals surface area contributed by atoms with Crippen LogP contribution in [0.25, 0.3) is 11.0 Å². The molecule has 6 nitrogen and oxygen atoms in total. The van der Waals surface area contributed by atoms with E-state index in [4.69, 9.17) is 4.74 Å². The summed E-state index contributed by atoms with van der Waals surface area (Å²) in [6, 6.07) is 8.23. The lowest BCUT2D eigenvalue weighted by Crippen LogP contribution is -2.16. The molecule has 0 aliphatic heterocycles. The molecule has 1 N–H and O–H groups in total. The molecule has 22 heavy (non-hydrogen) atoms. The molecule has 1 unspecified atom stereocenters. The lowest BCUT2D eigenvalue weighted by atomic mass is 10.0. The molecule has 0 spiro atoms. The summed E-state index contributed by atoms with van der Waals surface area (Å²) >= 11 is 0. The predicted molar refractivity (Wildman–Crippen MR) is 85.7 cm³/mol. The summed E-state index contributed by atoms with van der Waals surface area (Å²) in [7, 11) is 3.59. The summed E-state index contributed by atoms with van der Waals surface area (Å²) in [6.07, 6.45) is 3.28. The second-order valence-electron chi connectivity index (χ2n) is 5.19. The van der Waals surface area contributed by atoms with E-state index in [0.717, 1.165) is 16.9 Å². The van der Waals surface area contributed by atoms with Crippen LogP contribution in [0.2, 0.25) is 0 Å². The van der Waals surface area contributed by atoms with E-state index in [1.54, 1.807) is 24.3 Å². The van der Waals surface area contributed by atoms with Crippen LogP contribution in [0.1, 0.15) is 17.2 Å². The Kier molecular flexibility index (Phi) is 4.02. The van der Waals surface area contributed by atoms with Crippen LogP contribution in [-0.2, 0) is 11.8 Å². The Morgan fingerprint density at radius 3 is 2.86 bits per heavy atom. The molecule has 1 aromatic carbocycles. The standard InChI is InChI=1S/C16H19N5O/c1-11-6-4-5-7-12(11)14(22-3)9-17-15-13-8-20-21(2)16(13)19-10-18-15/h4-8,10,14H,9H2,1-3H3,(H,17,18,19). The van der Waals surface area contributed by atoms with Crippen LogP contribution in [0, 0.1) is 6.92 Å². The van der Waals surface area contributed by atoms with Crippen LogP contribution in [0.5, 0.6) is 0 Å². The van der Waals surface area contributed by atoms with E-state index in [1.807, 2.05) is 19.2 Å². The fraction of sp³-hybridized carbons (Fsp3) is 0.312. The van der Waals surface area contributed by atoms with Crippen LogP contribution >= 0.6 is 0 Å². The number of benzene rings is 1. The highest BCUT2D eigenvalue weighted by Crippen LogP contribution is 2.23. The van der Waals surface area contributed by atoms with Gasteiger partial charge in [0, 0.05) is 20.7 Å². The molecule has 114 valence electrons. The van der Waals surface area contributed by atoms with Crippen LogP contribution in [-0.4, -0.2) is 33.4 Å². The van der Waals surface area contributed by atoms with Gasteiger partial charge < -0.3 is 10.1 Å². The zero-order valence-corrected chi connectivity index (χ0v) is 12.9. The molecule has 3 rings (SSSR count). The average molecular weight is 297 g/mol. The van der Waals surface area contributed by atoms with E-state index in [-0.39, 0.29) is 6.10 Å². The number of hydrogen-bond donors (Lipinski definition) is 1. The van der Waals surface area contributed by atoms with Gasteiger partial charge in [-0.25, -0.2) is 9.97 Å². The van der Waals surface area contributed by atoms with Gasteiger partial charge in [0.2, 0.25) is 0 Å². The zero-order chi connectivity index (χ0) is 15.5. The van der Waals surface area contributed by atoms with Crippen molar-refractivity contribution in [3.05, 3.63) is 47.9 Å². The molecule has 3 aromatic rings. The third-order valence-corrected chi connectivity index (χ3v) is 3.80. The van der Waals surface area contributed by atoms with Gasteiger partial charge in [-0.15, -0.1) is 0 Å². The minimum absolute atomic E-state index is 0.0390. The highest BCUT2D eigenvalue weighted by atomic mass is 16.5. The number of rotatable bonds is 5. The van der Waals surface area contributed by atoms with E-state index in [0.29, 0.717) is 6.54 Å². The highest BCUT2D eigenvalue weighted by Gasteiger charge is 2.14. The molecule has 6 heteroatoms. The maximum atomic E-state index is 5.63. The van der Waals surface area contributed by atoms with Gasteiger partial charge in [-0.05, 0) is 18.1 Å². The molecule has 2 heterocycles. The molecular formula is C16H19N5O. The number of methoxy groups -OCH3 is 1. The van der Waals surface area contributed by atoms with E-state index < -0.39 is 0 Å². The van der Waals surface area contributed by atoms with Crippen molar-refractivity contribution in [1.29, 1.82) is 0 Å². The van der Waals surface area contributed by atoms with Crippen molar-refractivity contribution in [2.24, 2.45) is 7.05 Å². The van der Waals surface area contributed by atoms with Gasteiger partial charge in [0.1, 0.15) is 12.1 Å². The Bertz CT molecular complexity index is 783. The number of anilines is 1. The summed E-state index contributed by atoms with van der Waals surface area (Å²) in [6.45, 7) is 2.72. The number of ether oxygens (including phenoxy) is 1. The van der Waals surface area contributed by atoms with Crippen molar-refractivity contribution in [2.75, 3.05) is 19.0 Å². The summed E-state index contributed by atoms with van der Waals surface area (Å²) in [5.41, 5.74) is 3.20. The summed E-state index contributed by atoms with van der Waals surface area (Å²) in [4.78, 5) is 8.55. The van der Waals surface area contributed by atoms with Crippen molar-refractivity contribution in [1.82, 2.24) is 19.7 Å². The molecule has 0 saturated carbocycles. The molecule has 0 aliphatic rings. The SMILES string of the molecule is COC(CNc1ncnc2c1cnn2C)c1ccccc1C. The van der Waals surface area contributed by atoms with Gasteiger partial charge in [0.25, 0.3) is 0 Å². The van der Waals surface area contributed by atoms with Crippen LogP contribution in [0.15, 0.2) is 36.8 Å². The Morgan fingerprint density at radius 2 is 2.09 bits per heavy atom. The van der Waals surface area contributed by atoms with E-state index >= 15 is 0 Å². The lowest BCUT2D eigenvalue weighted by molar-refractivity contribution is 0.113. The van der Waals surface area contributed by atoms with Gasteiger partial charge >= 0.3 is 0 Å². The van der Waals surface area contributed by atoms with Crippen LogP contribution in [0.3, 0.4) is 0 Å². The van der Waals surface area contributed by atoms with E-state index in [1.165, 1.54) is 11.1 Å². The molecular weight excluding hydrogens is 278 g/mol. The number of hydrogen-bond acceptors (Lipinski definition) is 5. The predicted octanol–water partition coefficient (Wildman–Crippen LogP) is 2.47. The zero-order valence-electron chi connectivity index (χ0n) is 12.9. The van der Waals surface area contributed by atoms with Gasteiger partial charge in [0.15, 0.2) is 5.65 Å². The normalized spacial score (nSPS) is 12.5. The fourth-order valence-corrected chi connectivity index (χ4v) is 2.56. The van der Waals surface area contributed by atoms with E-state index in [2.05, 4.69) is 39.4 Å². The van der Waals surface area contributed by atoms with Gasteiger partial charge in [-0.3, -0.25) is 4.68 Å². The molecule has 1 atom stereocenters. The van der Waals surface area contributed by atoms with Crippen LogP contribution in [0.4, 0.5) is 5.82 Å².